The van der Waals surface area contributed by atoms with Crippen LogP contribution in [0.25, 0.3) is 0 Å². The molecule has 1 saturated heterocycles. The first-order chi connectivity index (χ1) is 6.42. The van der Waals surface area contributed by atoms with Gasteiger partial charge in [-0.2, -0.15) is 0 Å². The van der Waals surface area contributed by atoms with Crippen molar-refractivity contribution in [2.24, 2.45) is 5.41 Å². The molecule has 0 saturated carbocycles. The highest BCUT2D eigenvalue weighted by Gasteiger charge is 2.44. The van der Waals surface area contributed by atoms with Crippen LogP contribution in [-0.2, 0) is 4.43 Å². The first kappa shape index (κ1) is 12.2. The fourth-order valence-corrected chi connectivity index (χ4v) is 5.69. The van der Waals surface area contributed by atoms with Gasteiger partial charge in [0.05, 0.1) is 0 Å². The molecule has 1 nitrogen and oxygen atoms in total. The average molecular weight is 214 g/mol. The molecular weight excluding hydrogens is 188 g/mol. The van der Waals surface area contributed by atoms with Gasteiger partial charge in [-0.25, -0.2) is 0 Å². The largest absolute Gasteiger partial charge is 0.419 e. The third-order valence-corrected chi connectivity index (χ3v) is 8.57. The van der Waals surface area contributed by atoms with E-state index in [1.54, 1.807) is 0 Å². The van der Waals surface area contributed by atoms with Gasteiger partial charge in [0.15, 0.2) is 9.04 Å². The Balaban J connectivity index is 2.71. The van der Waals surface area contributed by atoms with E-state index in [1.165, 1.54) is 25.3 Å². The van der Waals surface area contributed by atoms with Crippen LogP contribution in [-0.4, -0.2) is 15.6 Å². The Hall–Kier alpha value is 0.177. The lowest BCUT2D eigenvalue weighted by atomic mass is 9.78. The fraction of sp³-hybridized carbons (Fsp3) is 1.00. The Labute approximate surface area is 91.0 Å². The van der Waals surface area contributed by atoms with Crippen molar-refractivity contribution in [2.75, 3.05) is 6.61 Å². The summed E-state index contributed by atoms with van der Waals surface area (Å²) in [6.45, 7) is 13.0. The molecule has 0 spiro atoms. The molecule has 14 heavy (non-hydrogen) atoms. The lowest BCUT2D eigenvalue weighted by molar-refractivity contribution is 0.192. The minimum atomic E-state index is -0.978. The van der Waals surface area contributed by atoms with Gasteiger partial charge in [0.1, 0.15) is 0 Å². The van der Waals surface area contributed by atoms with Crippen LogP contribution >= 0.6 is 0 Å². The molecule has 1 heterocycles. The van der Waals surface area contributed by atoms with E-state index in [9.17, 15) is 0 Å². The van der Waals surface area contributed by atoms with Gasteiger partial charge in [0.2, 0.25) is 0 Å². The quantitative estimate of drug-likeness (QED) is 0.650. The van der Waals surface area contributed by atoms with Crippen molar-refractivity contribution in [3.63, 3.8) is 0 Å². The molecule has 84 valence electrons. The Morgan fingerprint density at radius 2 is 1.79 bits per heavy atom. The van der Waals surface area contributed by atoms with Crippen molar-refractivity contribution in [3.8, 4) is 0 Å². The zero-order chi connectivity index (χ0) is 10.8. The minimum Gasteiger partial charge on any atom is -0.419 e. The van der Waals surface area contributed by atoms with Crippen LogP contribution in [0.3, 0.4) is 0 Å². The molecule has 0 radical (unpaired) electrons. The Morgan fingerprint density at radius 1 is 1.14 bits per heavy atom. The molecule has 1 aliphatic rings. The summed E-state index contributed by atoms with van der Waals surface area (Å²) in [5.74, 6) is 0. The predicted octanol–water partition coefficient (Wildman–Crippen LogP) is 3.74. The molecule has 0 aromatic carbocycles. The van der Waals surface area contributed by atoms with Gasteiger partial charge in [-0.3, -0.25) is 0 Å². The van der Waals surface area contributed by atoms with Crippen LogP contribution < -0.4 is 0 Å². The first-order valence-corrected chi connectivity index (χ1v) is 7.90. The third-order valence-electron chi connectivity index (χ3n) is 4.61. The standard InChI is InChI=1S/C12H26OSi/c1-6-11(2,3)12(4,5)14-10-8-7-9-13-14/h14H,6-10H2,1-5H3. The predicted molar refractivity (Wildman–Crippen MR) is 65.3 cm³/mol. The van der Waals surface area contributed by atoms with E-state index in [-0.39, 0.29) is 0 Å². The van der Waals surface area contributed by atoms with E-state index < -0.39 is 9.04 Å². The summed E-state index contributed by atoms with van der Waals surface area (Å²) in [5, 5.41) is 0.433. The topological polar surface area (TPSA) is 9.23 Å². The van der Waals surface area contributed by atoms with Crippen molar-refractivity contribution in [2.45, 2.75) is 65.0 Å². The average Bonchev–Trinajstić information content (AvgIpc) is 2.19. The summed E-state index contributed by atoms with van der Waals surface area (Å²) in [7, 11) is -0.978. The summed E-state index contributed by atoms with van der Waals surface area (Å²) in [5.41, 5.74) is 0.432. The van der Waals surface area contributed by atoms with Gasteiger partial charge in [-0.15, -0.1) is 0 Å². The molecule has 0 aromatic heterocycles. The van der Waals surface area contributed by atoms with E-state index in [2.05, 4.69) is 34.6 Å². The number of rotatable bonds is 3. The van der Waals surface area contributed by atoms with E-state index in [4.69, 9.17) is 4.43 Å². The van der Waals surface area contributed by atoms with E-state index in [0.29, 0.717) is 10.5 Å². The fourth-order valence-electron chi connectivity index (χ4n) is 2.20. The molecule has 1 rings (SSSR count). The van der Waals surface area contributed by atoms with Crippen LogP contribution in [0, 0.1) is 5.41 Å². The maximum Gasteiger partial charge on any atom is 0.183 e. The van der Waals surface area contributed by atoms with Gasteiger partial charge in [0, 0.05) is 6.61 Å². The van der Waals surface area contributed by atoms with Gasteiger partial charge < -0.3 is 4.43 Å². The third kappa shape index (κ3) is 2.22. The zero-order valence-electron chi connectivity index (χ0n) is 10.5. The van der Waals surface area contributed by atoms with Crippen LogP contribution in [0.15, 0.2) is 0 Å². The maximum absolute atomic E-state index is 6.07. The van der Waals surface area contributed by atoms with Crippen molar-refractivity contribution in [1.29, 1.82) is 0 Å². The highest BCUT2D eigenvalue weighted by molar-refractivity contribution is 6.55. The molecule has 1 unspecified atom stereocenters. The van der Waals surface area contributed by atoms with Gasteiger partial charge in [-0.1, -0.05) is 47.5 Å². The van der Waals surface area contributed by atoms with E-state index in [1.807, 2.05) is 0 Å². The monoisotopic (exact) mass is 214 g/mol. The van der Waals surface area contributed by atoms with Crippen molar-refractivity contribution in [3.05, 3.63) is 0 Å². The van der Waals surface area contributed by atoms with Gasteiger partial charge in [0.25, 0.3) is 0 Å². The summed E-state index contributed by atoms with van der Waals surface area (Å²) in [6, 6.07) is 1.39. The lowest BCUT2D eigenvalue weighted by Gasteiger charge is -2.46. The summed E-state index contributed by atoms with van der Waals surface area (Å²) in [6.07, 6.45) is 3.94. The maximum atomic E-state index is 6.07. The Bertz CT molecular complexity index is 181. The molecule has 0 aliphatic carbocycles. The van der Waals surface area contributed by atoms with Crippen LogP contribution in [0.1, 0.15) is 53.9 Å². The second-order valence-electron chi connectivity index (χ2n) is 5.81. The van der Waals surface area contributed by atoms with E-state index in [0.717, 1.165) is 6.61 Å². The zero-order valence-corrected chi connectivity index (χ0v) is 11.7. The van der Waals surface area contributed by atoms with E-state index >= 15 is 0 Å². The summed E-state index contributed by atoms with van der Waals surface area (Å²) < 4.78 is 6.07. The van der Waals surface area contributed by atoms with Crippen molar-refractivity contribution >= 4 is 9.04 Å². The minimum absolute atomic E-state index is 0.432. The molecular formula is C12H26OSi. The molecule has 0 bridgehead atoms. The molecule has 0 N–H and O–H groups in total. The van der Waals surface area contributed by atoms with Crippen LogP contribution in [0.2, 0.25) is 11.1 Å². The van der Waals surface area contributed by atoms with Crippen LogP contribution in [0.4, 0.5) is 0 Å². The summed E-state index contributed by atoms with van der Waals surface area (Å²) >= 11 is 0. The molecule has 0 aromatic rings. The van der Waals surface area contributed by atoms with Crippen molar-refractivity contribution in [1.82, 2.24) is 0 Å². The Kier molecular flexibility index (Phi) is 3.81. The second kappa shape index (κ2) is 4.36. The van der Waals surface area contributed by atoms with Crippen molar-refractivity contribution < 1.29 is 4.43 Å². The molecule has 1 aliphatic heterocycles. The lowest BCUT2D eigenvalue weighted by Crippen LogP contribution is -2.43. The first-order valence-electron chi connectivity index (χ1n) is 6.03. The number of hydrogen-bond donors (Lipinski definition) is 0. The van der Waals surface area contributed by atoms with Gasteiger partial charge >= 0.3 is 0 Å². The molecule has 1 fully saturated rings. The SMILES string of the molecule is CCC(C)(C)C(C)(C)[SiH]1CCCCO1. The number of hydrogen-bond acceptors (Lipinski definition) is 1. The highest BCUT2D eigenvalue weighted by atomic mass is 28.3. The Morgan fingerprint density at radius 3 is 2.21 bits per heavy atom. The van der Waals surface area contributed by atoms with Crippen LogP contribution in [0.5, 0.6) is 0 Å². The molecule has 2 heteroatoms. The molecule has 1 atom stereocenters. The normalized spacial score (nSPS) is 25.1. The molecule has 0 amide bonds. The van der Waals surface area contributed by atoms with Gasteiger partial charge in [-0.05, 0) is 22.9 Å². The smallest absolute Gasteiger partial charge is 0.183 e. The highest BCUT2D eigenvalue weighted by Crippen LogP contribution is 2.51. The summed E-state index contributed by atoms with van der Waals surface area (Å²) in [4.78, 5) is 0. The second-order valence-corrected chi connectivity index (χ2v) is 9.15.